The largest absolute Gasteiger partial charge is 0.466 e. The molecule has 1 aromatic rings. The number of alkyl halides is 2. The van der Waals surface area contributed by atoms with Gasteiger partial charge in [0.2, 0.25) is 5.95 Å². The van der Waals surface area contributed by atoms with Gasteiger partial charge in [0.25, 0.3) is 6.43 Å². The highest BCUT2D eigenvalue weighted by molar-refractivity contribution is 5.73. The number of hydrogen-bond acceptors (Lipinski definition) is 3. The van der Waals surface area contributed by atoms with Crippen molar-refractivity contribution < 1.29 is 27.1 Å². The second kappa shape index (κ2) is 5.60. The van der Waals surface area contributed by atoms with Gasteiger partial charge in [0.15, 0.2) is 5.82 Å². The quantitative estimate of drug-likeness (QED) is 0.468. The van der Waals surface area contributed by atoms with Crippen LogP contribution in [0, 0.1) is 11.8 Å². The predicted octanol–water partition coefficient (Wildman–Crippen LogP) is 2.40. The lowest BCUT2D eigenvalue weighted by Gasteiger charge is -2.09. The Morgan fingerprint density at radius 2 is 2.12 bits per heavy atom. The molecule has 0 fully saturated rings. The highest BCUT2D eigenvalue weighted by Crippen LogP contribution is 2.27. The summed E-state index contributed by atoms with van der Waals surface area (Å²) in [4.78, 5) is 14.0. The molecular formula is C10H9F4NO2. The molecule has 17 heavy (non-hydrogen) atoms. The summed E-state index contributed by atoms with van der Waals surface area (Å²) in [5.74, 6) is -3.56. The third-order valence-electron chi connectivity index (χ3n) is 1.97. The van der Waals surface area contributed by atoms with Crippen molar-refractivity contribution in [3.63, 3.8) is 0 Å². The molecule has 0 N–H and O–H groups in total. The molecule has 0 saturated carbocycles. The van der Waals surface area contributed by atoms with E-state index in [0.717, 1.165) is 0 Å². The van der Waals surface area contributed by atoms with Crippen LogP contribution in [0.3, 0.4) is 0 Å². The number of ether oxygens (including phenoxy) is 1. The van der Waals surface area contributed by atoms with Crippen LogP contribution in [0.1, 0.15) is 24.5 Å². The first-order valence-electron chi connectivity index (χ1n) is 4.73. The summed E-state index contributed by atoms with van der Waals surface area (Å²) < 4.78 is 55.7. The molecule has 0 bridgehead atoms. The molecule has 7 heteroatoms. The van der Waals surface area contributed by atoms with Crippen molar-refractivity contribution in [1.82, 2.24) is 4.98 Å². The molecule has 1 rings (SSSR count). The summed E-state index contributed by atoms with van der Waals surface area (Å²) in [6, 6.07) is 0. The Balaban J connectivity index is 3.12. The molecule has 0 aliphatic heterocycles. The summed E-state index contributed by atoms with van der Waals surface area (Å²) >= 11 is 0. The zero-order valence-corrected chi connectivity index (χ0v) is 8.84. The van der Waals surface area contributed by atoms with E-state index in [1.165, 1.54) is 6.92 Å². The van der Waals surface area contributed by atoms with Gasteiger partial charge in [-0.3, -0.25) is 4.79 Å². The number of carbonyl (C=O) groups excluding carboxylic acids is 1. The molecule has 0 aliphatic rings. The van der Waals surface area contributed by atoms with Crippen molar-refractivity contribution in [3.8, 4) is 0 Å². The number of aromatic nitrogens is 1. The van der Waals surface area contributed by atoms with Crippen LogP contribution in [-0.2, 0) is 16.0 Å². The summed E-state index contributed by atoms with van der Waals surface area (Å²) in [7, 11) is 0. The van der Waals surface area contributed by atoms with Crippen LogP contribution in [0.15, 0.2) is 6.20 Å². The summed E-state index contributed by atoms with van der Waals surface area (Å²) in [5.41, 5.74) is -1.91. The lowest BCUT2D eigenvalue weighted by Crippen LogP contribution is -2.13. The number of carbonyl (C=O) groups is 1. The Bertz CT molecular complexity index is 423. The number of esters is 1. The molecule has 0 spiro atoms. The van der Waals surface area contributed by atoms with Crippen LogP contribution in [0.25, 0.3) is 0 Å². The molecule has 1 heterocycles. The van der Waals surface area contributed by atoms with Crippen molar-refractivity contribution in [2.45, 2.75) is 19.8 Å². The van der Waals surface area contributed by atoms with E-state index in [9.17, 15) is 22.4 Å². The maximum atomic E-state index is 13.2. The third-order valence-corrected chi connectivity index (χ3v) is 1.97. The molecule has 0 radical (unpaired) electrons. The van der Waals surface area contributed by atoms with E-state index in [2.05, 4.69) is 9.72 Å². The molecule has 0 saturated heterocycles. The summed E-state index contributed by atoms with van der Waals surface area (Å²) in [5, 5.41) is 0. The fourth-order valence-corrected chi connectivity index (χ4v) is 1.28. The van der Waals surface area contributed by atoms with Gasteiger partial charge in [0, 0.05) is 5.56 Å². The van der Waals surface area contributed by atoms with E-state index in [4.69, 9.17) is 0 Å². The van der Waals surface area contributed by atoms with Crippen molar-refractivity contribution in [3.05, 3.63) is 29.1 Å². The number of rotatable bonds is 4. The zero-order chi connectivity index (χ0) is 13.0. The van der Waals surface area contributed by atoms with E-state index in [0.29, 0.717) is 6.20 Å². The van der Waals surface area contributed by atoms with Crippen LogP contribution >= 0.6 is 0 Å². The lowest BCUT2D eigenvalue weighted by molar-refractivity contribution is -0.142. The average molecular weight is 251 g/mol. The van der Waals surface area contributed by atoms with Gasteiger partial charge in [-0.05, 0) is 6.92 Å². The monoisotopic (exact) mass is 251 g/mol. The normalized spacial score (nSPS) is 10.7. The molecular weight excluding hydrogens is 242 g/mol. The van der Waals surface area contributed by atoms with Gasteiger partial charge in [0.1, 0.15) is 0 Å². The molecule has 3 nitrogen and oxygen atoms in total. The topological polar surface area (TPSA) is 39.2 Å². The second-order valence-corrected chi connectivity index (χ2v) is 3.07. The Morgan fingerprint density at radius 3 is 2.65 bits per heavy atom. The molecule has 0 amide bonds. The minimum absolute atomic E-state index is 0.0210. The van der Waals surface area contributed by atoms with E-state index >= 15 is 0 Å². The standard InChI is InChI=1S/C10H9F4NO2/c1-2-17-7(16)3-5-8(9(12)13)6(11)4-15-10(5)14/h4,9H,2-3H2,1H3. The van der Waals surface area contributed by atoms with E-state index in [1.54, 1.807) is 0 Å². The van der Waals surface area contributed by atoms with Crippen molar-refractivity contribution in [2.75, 3.05) is 6.61 Å². The smallest absolute Gasteiger partial charge is 0.310 e. The minimum Gasteiger partial charge on any atom is -0.466 e. The molecule has 94 valence electrons. The number of hydrogen-bond donors (Lipinski definition) is 0. The van der Waals surface area contributed by atoms with Gasteiger partial charge in [-0.25, -0.2) is 18.2 Å². The predicted molar refractivity (Wildman–Crippen MR) is 49.4 cm³/mol. The highest BCUT2D eigenvalue weighted by Gasteiger charge is 2.24. The fourth-order valence-electron chi connectivity index (χ4n) is 1.28. The summed E-state index contributed by atoms with van der Waals surface area (Å²) in [6.45, 7) is 1.53. The highest BCUT2D eigenvalue weighted by atomic mass is 19.3. The first-order valence-corrected chi connectivity index (χ1v) is 4.73. The second-order valence-electron chi connectivity index (χ2n) is 3.07. The lowest BCUT2D eigenvalue weighted by atomic mass is 10.1. The van der Waals surface area contributed by atoms with Crippen molar-refractivity contribution in [1.29, 1.82) is 0 Å². The first-order chi connectivity index (χ1) is 7.97. The van der Waals surface area contributed by atoms with Gasteiger partial charge in [-0.15, -0.1) is 0 Å². The Morgan fingerprint density at radius 1 is 1.47 bits per heavy atom. The molecule has 0 aromatic carbocycles. The number of halogens is 4. The Kier molecular flexibility index (Phi) is 4.42. The van der Waals surface area contributed by atoms with E-state index < -0.39 is 41.7 Å². The first kappa shape index (κ1) is 13.4. The average Bonchev–Trinajstić information content (AvgIpc) is 2.23. The molecule has 0 unspecified atom stereocenters. The van der Waals surface area contributed by atoms with Gasteiger partial charge in [-0.1, -0.05) is 0 Å². The van der Waals surface area contributed by atoms with Crippen LogP contribution in [0.4, 0.5) is 17.6 Å². The van der Waals surface area contributed by atoms with Gasteiger partial charge in [0.05, 0.1) is 24.8 Å². The Hall–Kier alpha value is -1.66. The number of pyridine rings is 1. The van der Waals surface area contributed by atoms with Crippen LogP contribution in [0.2, 0.25) is 0 Å². The van der Waals surface area contributed by atoms with Gasteiger partial charge in [-0.2, -0.15) is 4.39 Å². The van der Waals surface area contributed by atoms with Crippen LogP contribution in [0.5, 0.6) is 0 Å². The maximum absolute atomic E-state index is 13.2. The van der Waals surface area contributed by atoms with Crippen LogP contribution < -0.4 is 0 Å². The van der Waals surface area contributed by atoms with E-state index in [-0.39, 0.29) is 6.61 Å². The van der Waals surface area contributed by atoms with E-state index in [1.807, 2.05) is 0 Å². The minimum atomic E-state index is -3.23. The van der Waals surface area contributed by atoms with Crippen molar-refractivity contribution >= 4 is 5.97 Å². The Labute approximate surface area is 94.4 Å². The molecule has 0 atom stereocenters. The fraction of sp³-hybridized carbons (Fsp3) is 0.400. The van der Waals surface area contributed by atoms with Gasteiger partial charge < -0.3 is 4.74 Å². The van der Waals surface area contributed by atoms with Gasteiger partial charge >= 0.3 is 5.97 Å². The maximum Gasteiger partial charge on any atom is 0.310 e. The van der Waals surface area contributed by atoms with Crippen LogP contribution in [-0.4, -0.2) is 17.6 Å². The zero-order valence-electron chi connectivity index (χ0n) is 8.84. The molecule has 0 aliphatic carbocycles. The molecule has 1 aromatic heterocycles. The van der Waals surface area contributed by atoms with Crippen molar-refractivity contribution in [2.24, 2.45) is 0 Å². The third kappa shape index (κ3) is 3.15. The SMILES string of the molecule is CCOC(=O)Cc1c(F)ncc(F)c1C(F)F. The summed E-state index contributed by atoms with van der Waals surface area (Å²) in [6.07, 6.45) is -3.65. The number of nitrogens with zero attached hydrogens (tertiary/aromatic N) is 1.